The van der Waals surface area contributed by atoms with Gasteiger partial charge in [-0.05, 0) is 12.1 Å². The Balaban J connectivity index is 2.79. The van der Waals surface area contributed by atoms with Crippen LogP contribution in [0, 0.1) is 0 Å². The number of hydrogen-bond donors (Lipinski definition) is 1. The molecule has 1 aromatic carbocycles. The minimum absolute atomic E-state index is 0.0353. The Bertz CT molecular complexity index is 409. The van der Waals surface area contributed by atoms with E-state index < -0.39 is 16.4 Å². The maximum absolute atomic E-state index is 11.0. The third-order valence-electron chi connectivity index (χ3n) is 1.28. The summed E-state index contributed by atoms with van der Waals surface area (Å²) in [5.41, 5.74) is 0.0353. The Morgan fingerprint density at radius 3 is 2.29 bits per heavy atom. The van der Waals surface area contributed by atoms with Crippen molar-refractivity contribution in [3.8, 4) is 0 Å². The summed E-state index contributed by atoms with van der Waals surface area (Å²) in [5, 5.41) is 7.82. The van der Waals surface area contributed by atoms with E-state index in [2.05, 4.69) is 8.52 Å². The number of carbonyl (C=O) groups is 1. The SMILES string of the molecule is O=C(OS(=O)(=O)OO)c1ccccc1. The van der Waals surface area contributed by atoms with Crippen molar-refractivity contribution in [1.82, 2.24) is 0 Å². The molecule has 0 aromatic heterocycles. The van der Waals surface area contributed by atoms with Gasteiger partial charge in [0.1, 0.15) is 0 Å². The van der Waals surface area contributed by atoms with Crippen molar-refractivity contribution >= 4 is 16.4 Å². The highest BCUT2D eigenvalue weighted by molar-refractivity contribution is 7.82. The lowest BCUT2D eigenvalue weighted by Crippen LogP contribution is -2.14. The van der Waals surface area contributed by atoms with Crippen LogP contribution < -0.4 is 0 Å². The minimum Gasteiger partial charge on any atom is -0.318 e. The molecule has 1 N–H and O–H groups in total. The van der Waals surface area contributed by atoms with Crippen LogP contribution in [-0.4, -0.2) is 19.6 Å². The fourth-order valence-electron chi connectivity index (χ4n) is 0.730. The van der Waals surface area contributed by atoms with Crippen LogP contribution in [-0.2, 0) is 18.9 Å². The van der Waals surface area contributed by atoms with E-state index in [4.69, 9.17) is 5.26 Å². The molecule has 0 atom stereocenters. The maximum Gasteiger partial charge on any atom is 0.479 e. The van der Waals surface area contributed by atoms with Gasteiger partial charge in [-0.25, -0.2) is 10.1 Å². The predicted molar refractivity (Wildman–Crippen MR) is 44.5 cm³/mol. The summed E-state index contributed by atoms with van der Waals surface area (Å²) in [6, 6.07) is 7.42. The molecular weight excluding hydrogens is 212 g/mol. The highest BCUT2D eigenvalue weighted by Gasteiger charge is 2.18. The lowest BCUT2D eigenvalue weighted by molar-refractivity contribution is -0.140. The van der Waals surface area contributed by atoms with E-state index in [0.717, 1.165) is 0 Å². The zero-order chi connectivity index (χ0) is 10.6. The number of hydrogen-bond acceptors (Lipinski definition) is 6. The van der Waals surface area contributed by atoms with Gasteiger partial charge in [-0.1, -0.05) is 22.5 Å². The van der Waals surface area contributed by atoms with Crippen LogP contribution >= 0.6 is 0 Å². The monoisotopic (exact) mass is 218 g/mol. The molecule has 14 heavy (non-hydrogen) atoms. The molecule has 0 spiro atoms. The molecule has 0 fully saturated rings. The van der Waals surface area contributed by atoms with Gasteiger partial charge in [0.25, 0.3) is 0 Å². The number of rotatable bonds is 3. The molecule has 0 saturated carbocycles. The summed E-state index contributed by atoms with van der Waals surface area (Å²) < 4.78 is 27.7. The fraction of sp³-hybridized carbons (Fsp3) is 0. The maximum atomic E-state index is 11.0. The van der Waals surface area contributed by atoms with Gasteiger partial charge in [-0.2, -0.15) is 8.42 Å². The largest absolute Gasteiger partial charge is 0.479 e. The van der Waals surface area contributed by atoms with E-state index >= 15 is 0 Å². The van der Waals surface area contributed by atoms with Crippen LogP contribution in [0.15, 0.2) is 30.3 Å². The van der Waals surface area contributed by atoms with Crippen molar-refractivity contribution in [3.63, 3.8) is 0 Å². The van der Waals surface area contributed by atoms with Crippen molar-refractivity contribution in [3.05, 3.63) is 35.9 Å². The second-order valence-electron chi connectivity index (χ2n) is 2.22. The second-order valence-corrected chi connectivity index (χ2v) is 3.35. The summed E-state index contributed by atoms with van der Waals surface area (Å²) in [6.07, 6.45) is 0. The van der Waals surface area contributed by atoms with Crippen LogP contribution in [0.1, 0.15) is 10.4 Å². The Labute approximate surface area is 80.0 Å². The molecular formula is C7H6O6S. The highest BCUT2D eigenvalue weighted by atomic mass is 32.3. The van der Waals surface area contributed by atoms with Crippen LogP contribution in [0.5, 0.6) is 0 Å². The zero-order valence-corrected chi connectivity index (χ0v) is 7.60. The van der Waals surface area contributed by atoms with Crippen molar-refractivity contribution in [1.29, 1.82) is 0 Å². The summed E-state index contributed by atoms with van der Waals surface area (Å²) in [7, 11) is -4.66. The van der Waals surface area contributed by atoms with Gasteiger partial charge in [-0.15, -0.1) is 0 Å². The first-order valence-corrected chi connectivity index (χ1v) is 4.75. The molecule has 0 aliphatic carbocycles. The molecule has 76 valence electrons. The normalized spacial score (nSPS) is 10.9. The lowest BCUT2D eigenvalue weighted by Gasteiger charge is -2.00. The highest BCUT2D eigenvalue weighted by Crippen LogP contribution is 2.04. The molecule has 0 amide bonds. The molecule has 7 heteroatoms. The van der Waals surface area contributed by atoms with E-state index in [9.17, 15) is 13.2 Å². The third kappa shape index (κ3) is 2.80. The number of carbonyl (C=O) groups excluding carboxylic acids is 1. The van der Waals surface area contributed by atoms with Crippen LogP contribution in [0.25, 0.3) is 0 Å². The first-order chi connectivity index (χ1) is 6.55. The van der Waals surface area contributed by atoms with Gasteiger partial charge < -0.3 is 4.18 Å². The number of benzene rings is 1. The van der Waals surface area contributed by atoms with Gasteiger partial charge in [0.15, 0.2) is 0 Å². The van der Waals surface area contributed by atoms with E-state index in [1.54, 1.807) is 6.07 Å². The van der Waals surface area contributed by atoms with Crippen molar-refractivity contribution in [2.24, 2.45) is 0 Å². The average molecular weight is 218 g/mol. The third-order valence-corrected chi connectivity index (χ3v) is 1.82. The van der Waals surface area contributed by atoms with Gasteiger partial charge in [0, 0.05) is 0 Å². The topological polar surface area (TPSA) is 89.9 Å². The molecule has 0 aliphatic rings. The van der Waals surface area contributed by atoms with Crippen molar-refractivity contribution in [2.45, 2.75) is 0 Å². The van der Waals surface area contributed by atoms with Gasteiger partial charge in [0.2, 0.25) is 0 Å². The quantitative estimate of drug-likeness (QED) is 0.589. The molecule has 6 nitrogen and oxygen atoms in total. The molecule has 0 aliphatic heterocycles. The van der Waals surface area contributed by atoms with Gasteiger partial charge >= 0.3 is 16.4 Å². The smallest absolute Gasteiger partial charge is 0.318 e. The molecule has 1 aromatic rings. The van der Waals surface area contributed by atoms with Gasteiger partial charge in [-0.3, -0.25) is 0 Å². The first kappa shape index (κ1) is 10.6. The first-order valence-electron chi connectivity index (χ1n) is 3.42. The summed E-state index contributed by atoms with van der Waals surface area (Å²) >= 11 is 0. The van der Waals surface area contributed by atoms with Crippen molar-refractivity contribution in [2.75, 3.05) is 0 Å². The molecule has 0 saturated heterocycles. The molecule has 1 rings (SSSR count). The Kier molecular flexibility index (Phi) is 3.18. The molecule has 0 unspecified atom stereocenters. The summed E-state index contributed by atoms with van der Waals surface area (Å²) in [5.74, 6) is -1.13. The fourth-order valence-corrected chi connectivity index (χ4v) is 1.04. The standard InChI is InChI=1S/C7H6O6S/c8-7(12-14(10,11)13-9)6-4-2-1-3-5-6/h1-5,9H. The van der Waals surface area contributed by atoms with Crippen LogP contribution in [0.4, 0.5) is 0 Å². The van der Waals surface area contributed by atoms with Crippen molar-refractivity contribution < 1.29 is 27.0 Å². The van der Waals surface area contributed by atoms with Crippen LogP contribution in [0.2, 0.25) is 0 Å². The van der Waals surface area contributed by atoms with Gasteiger partial charge in [0.05, 0.1) is 5.56 Å². The minimum atomic E-state index is -4.66. The molecule has 0 heterocycles. The Morgan fingerprint density at radius 1 is 1.21 bits per heavy atom. The van der Waals surface area contributed by atoms with E-state index in [0.29, 0.717) is 0 Å². The molecule has 0 bridgehead atoms. The van der Waals surface area contributed by atoms with Crippen LogP contribution in [0.3, 0.4) is 0 Å². The van der Waals surface area contributed by atoms with E-state index in [1.165, 1.54) is 24.3 Å². The average Bonchev–Trinajstić information content (AvgIpc) is 2.19. The second kappa shape index (κ2) is 4.18. The Hall–Kier alpha value is -1.44. The zero-order valence-electron chi connectivity index (χ0n) is 6.78. The van der Waals surface area contributed by atoms with E-state index in [1.807, 2.05) is 0 Å². The summed E-state index contributed by atoms with van der Waals surface area (Å²) in [6.45, 7) is 0. The Morgan fingerprint density at radius 2 is 1.79 bits per heavy atom. The summed E-state index contributed by atoms with van der Waals surface area (Å²) in [4.78, 5) is 11.0. The van der Waals surface area contributed by atoms with E-state index in [-0.39, 0.29) is 5.56 Å². The lowest BCUT2D eigenvalue weighted by atomic mass is 10.2. The predicted octanol–water partition coefficient (Wildman–Crippen LogP) is 0.578. The molecule has 0 radical (unpaired) electrons.